The highest BCUT2D eigenvalue weighted by molar-refractivity contribution is 8.00. The monoisotopic (exact) mass is 488 g/mol. The van der Waals surface area contributed by atoms with Crippen LogP contribution in [0.15, 0.2) is 35.4 Å². The zero-order chi connectivity index (χ0) is 24.9. The van der Waals surface area contributed by atoms with Crippen LogP contribution in [0.5, 0.6) is 0 Å². The number of primary amides is 1. The summed E-state index contributed by atoms with van der Waals surface area (Å²) in [4.78, 5) is 25.8. The third-order valence-electron chi connectivity index (χ3n) is 7.38. The Kier molecular flexibility index (Phi) is 7.95. The maximum atomic E-state index is 12.4. The smallest absolute Gasteiger partial charge is 0.235 e. The van der Waals surface area contributed by atoms with Gasteiger partial charge in [-0.1, -0.05) is 55.4 Å². The van der Waals surface area contributed by atoms with Crippen LogP contribution in [0.25, 0.3) is 4.85 Å². The van der Waals surface area contributed by atoms with Gasteiger partial charge in [-0.2, -0.15) is 5.26 Å². The van der Waals surface area contributed by atoms with E-state index in [0.717, 1.165) is 31.5 Å². The number of amides is 1. The minimum atomic E-state index is -0.672. The predicted molar refractivity (Wildman–Crippen MR) is 139 cm³/mol. The van der Waals surface area contributed by atoms with Crippen molar-refractivity contribution in [3.05, 3.63) is 58.4 Å². The number of thioether (sulfide) groups is 1. The molecule has 1 aromatic heterocycles. The van der Waals surface area contributed by atoms with Gasteiger partial charge in [0.05, 0.1) is 12.1 Å². The summed E-state index contributed by atoms with van der Waals surface area (Å²) in [7, 11) is 2.24. The van der Waals surface area contributed by atoms with Crippen molar-refractivity contribution in [2.24, 2.45) is 5.73 Å². The molecule has 4 rings (SSSR count). The van der Waals surface area contributed by atoms with E-state index in [0.29, 0.717) is 46.2 Å². The Bertz CT molecular complexity index is 1140. The molecule has 1 atom stereocenters. The molecule has 7 nitrogen and oxygen atoms in total. The number of rotatable bonds is 8. The van der Waals surface area contributed by atoms with E-state index in [1.165, 1.54) is 31.0 Å². The van der Waals surface area contributed by atoms with Gasteiger partial charge in [0.25, 0.3) is 0 Å². The third-order valence-corrected chi connectivity index (χ3v) is 8.64. The molecule has 35 heavy (non-hydrogen) atoms. The Morgan fingerprint density at radius 1 is 1.29 bits per heavy atom. The second kappa shape index (κ2) is 11.1. The number of aromatic nitrogens is 1. The van der Waals surface area contributed by atoms with Gasteiger partial charge in [-0.05, 0) is 50.3 Å². The van der Waals surface area contributed by atoms with E-state index in [1.807, 2.05) is 37.3 Å². The summed E-state index contributed by atoms with van der Waals surface area (Å²) < 4.78 is 0. The van der Waals surface area contributed by atoms with Gasteiger partial charge >= 0.3 is 0 Å². The van der Waals surface area contributed by atoms with E-state index in [-0.39, 0.29) is 0 Å². The fourth-order valence-electron chi connectivity index (χ4n) is 5.08. The van der Waals surface area contributed by atoms with Crippen LogP contribution in [0.3, 0.4) is 0 Å². The van der Waals surface area contributed by atoms with E-state index in [2.05, 4.69) is 27.8 Å². The lowest BCUT2D eigenvalue weighted by Crippen LogP contribution is -2.49. The molecule has 0 bridgehead atoms. The van der Waals surface area contributed by atoms with Crippen molar-refractivity contribution in [1.29, 1.82) is 5.26 Å². The molecule has 1 unspecified atom stereocenters. The SMILES string of the molecule is [C-]#[N+]c1c(N2CCC(N(C)C3CCC3)CC2)nc(SC(C(N)=O)c2ccccc2)c(C#N)c1CC. The Morgan fingerprint density at radius 2 is 1.94 bits per heavy atom. The highest BCUT2D eigenvalue weighted by Crippen LogP contribution is 2.43. The number of hydrogen-bond donors (Lipinski definition) is 1. The number of piperidine rings is 1. The zero-order valence-corrected chi connectivity index (χ0v) is 21.2. The van der Waals surface area contributed by atoms with E-state index < -0.39 is 11.2 Å². The minimum absolute atomic E-state index is 0.369. The number of nitrogens with zero attached hydrogens (tertiary/aromatic N) is 5. The fourth-order valence-corrected chi connectivity index (χ4v) is 6.14. The lowest BCUT2D eigenvalue weighted by atomic mass is 9.89. The van der Waals surface area contributed by atoms with Crippen LogP contribution < -0.4 is 10.6 Å². The van der Waals surface area contributed by atoms with Crippen molar-refractivity contribution in [3.63, 3.8) is 0 Å². The molecular weight excluding hydrogens is 456 g/mol. The Balaban J connectivity index is 1.66. The Hall–Kier alpha value is -3.07. The van der Waals surface area contributed by atoms with Gasteiger partial charge in [0, 0.05) is 25.2 Å². The van der Waals surface area contributed by atoms with Gasteiger partial charge < -0.3 is 15.5 Å². The number of nitrogens with two attached hydrogens (primary N) is 1. The van der Waals surface area contributed by atoms with Gasteiger partial charge in [-0.3, -0.25) is 4.79 Å². The molecule has 8 heteroatoms. The molecule has 182 valence electrons. The van der Waals surface area contributed by atoms with Crippen molar-refractivity contribution in [2.75, 3.05) is 25.0 Å². The maximum absolute atomic E-state index is 12.4. The number of carbonyl (C=O) groups is 1. The van der Waals surface area contributed by atoms with Crippen LogP contribution in [-0.4, -0.2) is 48.0 Å². The largest absolute Gasteiger partial charge is 0.368 e. The van der Waals surface area contributed by atoms with Crippen molar-refractivity contribution in [2.45, 2.75) is 67.8 Å². The minimum Gasteiger partial charge on any atom is -0.368 e. The highest BCUT2D eigenvalue weighted by atomic mass is 32.2. The summed E-state index contributed by atoms with van der Waals surface area (Å²) in [5, 5.41) is 9.80. The first-order chi connectivity index (χ1) is 17.0. The molecule has 2 aromatic rings. The summed E-state index contributed by atoms with van der Waals surface area (Å²) in [5.41, 5.74) is 8.05. The molecule has 1 saturated heterocycles. The summed E-state index contributed by atoms with van der Waals surface area (Å²) in [6.45, 7) is 11.5. The molecule has 2 heterocycles. The Morgan fingerprint density at radius 3 is 2.46 bits per heavy atom. The summed E-state index contributed by atoms with van der Waals surface area (Å²) in [6.07, 6.45) is 6.48. The summed E-state index contributed by atoms with van der Waals surface area (Å²) in [6, 6.07) is 12.8. The van der Waals surface area contributed by atoms with Crippen LogP contribution in [0.4, 0.5) is 11.5 Å². The number of hydrogen-bond acceptors (Lipinski definition) is 6. The van der Waals surface area contributed by atoms with Gasteiger partial charge in [-0.15, -0.1) is 0 Å². The average Bonchev–Trinajstić information content (AvgIpc) is 2.85. The highest BCUT2D eigenvalue weighted by Gasteiger charge is 2.32. The molecule has 2 fully saturated rings. The first-order valence-corrected chi connectivity index (χ1v) is 13.2. The van der Waals surface area contributed by atoms with Crippen LogP contribution >= 0.6 is 11.8 Å². The second-order valence-corrected chi connectivity index (χ2v) is 10.4. The summed E-state index contributed by atoms with van der Waals surface area (Å²) in [5.74, 6) is 0.139. The number of benzene rings is 1. The van der Waals surface area contributed by atoms with Crippen LogP contribution in [0, 0.1) is 17.9 Å². The fraction of sp³-hybridized carbons (Fsp3) is 0.481. The lowest BCUT2D eigenvalue weighted by molar-refractivity contribution is -0.117. The molecule has 2 aliphatic rings. The molecule has 1 aliphatic carbocycles. The van der Waals surface area contributed by atoms with E-state index in [9.17, 15) is 10.1 Å². The number of carbonyl (C=O) groups excluding carboxylic acids is 1. The first kappa shape index (κ1) is 25.0. The Labute approximate surface area is 212 Å². The maximum Gasteiger partial charge on any atom is 0.235 e. The second-order valence-electron chi connectivity index (χ2n) is 9.30. The molecule has 1 saturated carbocycles. The molecule has 0 radical (unpaired) electrons. The van der Waals surface area contributed by atoms with Gasteiger partial charge in [0.2, 0.25) is 11.6 Å². The van der Waals surface area contributed by atoms with E-state index in [4.69, 9.17) is 17.3 Å². The van der Waals surface area contributed by atoms with E-state index in [1.54, 1.807) is 0 Å². The van der Waals surface area contributed by atoms with Crippen LogP contribution in [0.2, 0.25) is 0 Å². The summed E-state index contributed by atoms with van der Waals surface area (Å²) >= 11 is 1.20. The molecule has 2 N–H and O–H groups in total. The average molecular weight is 489 g/mol. The molecule has 1 amide bonds. The predicted octanol–water partition coefficient (Wildman–Crippen LogP) is 4.84. The van der Waals surface area contributed by atoms with Crippen LogP contribution in [0.1, 0.15) is 61.0 Å². The molecule has 1 aliphatic heterocycles. The number of pyridine rings is 1. The van der Waals surface area contributed by atoms with Crippen molar-refractivity contribution in [3.8, 4) is 6.07 Å². The van der Waals surface area contributed by atoms with Gasteiger partial charge in [0.1, 0.15) is 22.2 Å². The van der Waals surface area contributed by atoms with Crippen molar-refractivity contribution >= 4 is 29.2 Å². The van der Waals surface area contributed by atoms with Gasteiger partial charge in [0.15, 0.2) is 0 Å². The third kappa shape index (κ3) is 5.15. The van der Waals surface area contributed by atoms with Gasteiger partial charge in [-0.25, -0.2) is 9.83 Å². The molecule has 0 spiro atoms. The van der Waals surface area contributed by atoms with Crippen molar-refractivity contribution in [1.82, 2.24) is 9.88 Å². The molecule has 1 aromatic carbocycles. The van der Waals surface area contributed by atoms with Crippen molar-refractivity contribution < 1.29 is 4.79 Å². The van der Waals surface area contributed by atoms with Crippen LogP contribution in [-0.2, 0) is 11.2 Å². The number of anilines is 1. The standard InChI is InChI=1S/C27H32N6OS/c1-4-21-22(17-28)27(35-24(25(29)34)18-9-6-5-7-10-18)31-26(23(21)30-2)33-15-13-20(14-16-33)32(3)19-11-8-12-19/h5-7,9-10,19-20,24H,4,8,11-16H2,1,3H3,(H2,29,34). The first-order valence-electron chi connectivity index (χ1n) is 12.3. The normalized spacial score (nSPS) is 17.5. The number of nitriles is 1. The molecular formula is C27H32N6OS. The lowest BCUT2D eigenvalue weighted by Gasteiger charge is -2.44. The zero-order valence-electron chi connectivity index (χ0n) is 20.4. The quantitative estimate of drug-likeness (QED) is 0.422. The topological polar surface area (TPSA) is 90.6 Å². The van der Waals surface area contributed by atoms with E-state index >= 15 is 0 Å².